The number of carbonyl (C=O) groups excluding carboxylic acids is 2. The van der Waals surface area contributed by atoms with Crippen LogP contribution in [0.1, 0.15) is 30.5 Å². The van der Waals surface area contributed by atoms with Gasteiger partial charge in [-0.15, -0.1) is 0 Å². The number of ether oxygens (including phenoxy) is 1. The standard InChI is InChI=1S/C22H29N3O3/c1-17(26)24-21(19-8-10-20(28-2)11-9-19)16-22(27)25(15-13-23)14-12-18-6-4-3-5-7-18/h3-11,21H,12-16,23H2,1-2H3,(H,24,26). The molecular formula is C22H29N3O3. The zero-order chi connectivity index (χ0) is 20.4. The topological polar surface area (TPSA) is 84.7 Å². The summed E-state index contributed by atoms with van der Waals surface area (Å²) < 4.78 is 5.18. The Labute approximate surface area is 166 Å². The number of amides is 2. The summed E-state index contributed by atoms with van der Waals surface area (Å²) in [5.41, 5.74) is 7.75. The van der Waals surface area contributed by atoms with Gasteiger partial charge in [0.2, 0.25) is 11.8 Å². The van der Waals surface area contributed by atoms with Gasteiger partial charge in [0, 0.05) is 26.6 Å². The highest BCUT2D eigenvalue weighted by atomic mass is 16.5. The maximum absolute atomic E-state index is 12.9. The van der Waals surface area contributed by atoms with Crippen molar-refractivity contribution in [2.75, 3.05) is 26.7 Å². The first-order valence-corrected chi connectivity index (χ1v) is 9.46. The number of nitrogens with one attached hydrogen (secondary N) is 1. The van der Waals surface area contributed by atoms with Gasteiger partial charge >= 0.3 is 0 Å². The van der Waals surface area contributed by atoms with Crippen molar-refractivity contribution >= 4 is 11.8 Å². The first kappa shape index (κ1) is 21.4. The van der Waals surface area contributed by atoms with Crippen LogP contribution in [0.4, 0.5) is 0 Å². The largest absolute Gasteiger partial charge is 0.497 e. The molecule has 0 spiro atoms. The van der Waals surface area contributed by atoms with E-state index >= 15 is 0 Å². The molecule has 0 saturated heterocycles. The predicted octanol–water partition coefficient (Wildman–Crippen LogP) is 2.29. The molecule has 0 bridgehead atoms. The van der Waals surface area contributed by atoms with E-state index in [0.29, 0.717) is 19.6 Å². The molecule has 0 aliphatic heterocycles. The van der Waals surface area contributed by atoms with E-state index in [-0.39, 0.29) is 18.2 Å². The molecule has 0 aromatic heterocycles. The second kappa shape index (κ2) is 11.1. The van der Waals surface area contributed by atoms with E-state index in [4.69, 9.17) is 10.5 Å². The van der Waals surface area contributed by atoms with Crippen LogP contribution in [0.3, 0.4) is 0 Å². The van der Waals surface area contributed by atoms with Gasteiger partial charge in [-0.3, -0.25) is 9.59 Å². The summed E-state index contributed by atoms with van der Waals surface area (Å²) in [7, 11) is 1.60. The molecule has 28 heavy (non-hydrogen) atoms. The van der Waals surface area contributed by atoms with Gasteiger partial charge in [-0.25, -0.2) is 0 Å². The molecule has 2 rings (SSSR count). The summed E-state index contributed by atoms with van der Waals surface area (Å²) in [4.78, 5) is 26.4. The molecule has 0 fully saturated rings. The maximum atomic E-state index is 12.9. The normalized spacial score (nSPS) is 11.5. The molecule has 6 heteroatoms. The summed E-state index contributed by atoms with van der Waals surface area (Å²) in [5, 5.41) is 2.88. The number of carbonyl (C=O) groups is 2. The van der Waals surface area contributed by atoms with Crippen LogP contribution in [-0.2, 0) is 16.0 Å². The smallest absolute Gasteiger partial charge is 0.225 e. The summed E-state index contributed by atoms with van der Waals surface area (Å²) in [5.74, 6) is 0.517. The first-order chi connectivity index (χ1) is 13.5. The van der Waals surface area contributed by atoms with Crippen molar-refractivity contribution in [1.82, 2.24) is 10.2 Å². The van der Waals surface area contributed by atoms with Gasteiger partial charge in [-0.2, -0.15) is 0 Å². The quantitative estimate of drug-likeness (QED) is 0.659. The van der Waals surface area contributed by atoms with Crippen LogP contribution in [-0.4, -0.2) is 43.5 Å². The number of methoxy groups -OCH3 is 1. The van der Waals surface area contributed by atoms with E-state index in [1.165, 1.54) is 12.5 Å². The molecule has 3 N–H and O–H groups in total. The van der Waals surface area contributed by atoms with Crippen LogP contribution in [0.5, 0.6) is 5.75 Å². The Bertz CT molecular complexity index is 747. The third kappa shape index (κ3) is 6.70. The van der Waals surface area contributed by atoms with Crippen molar-refractivity contribution < 1.29 is 14.3 Å². The van der Waals surface area contributed by atoms with Crippen LogP contribution in [0, 0.1) is 0 Å². The van der Waals surface area contributed by atoms with Crippen molar-refractivity contribution in [3.8, 4) is 5.75 Å². The van der Waals surface area contributed by atoms with E-state index < -0.39 is 6.04 Å². The maximum Gasteiger partial charge on any atom is 0.225 e. The average molecular weight is 383 g/mol. The number of hydrogen-bond donors (Lipinski definition) is 2. The lowest BCUT2D eigenvalue weighted by Gasteiger charge is -2.25. The Morgan fingerprint density at radius 2 is 1.75 bits per heavy atom. The minimum atomic E-state index is -0.395. The monoisotopic (exact) mass is 383 g/mol. The fourth-order valence-corrected chi connectivity index (χ4v) is 3.06. The molecule has 0 heterocycles. The molecular weight excluding hydrogens is 354 g/mol. The lowest BCUT2D eigenvalue weighted by Crippen LogP contribution is -2.39. The number of benzene rings is 2. The molecule has 1 atom stereocenters. The van der Waals surface area contributed by atoms with Crippen molar-refractivity contribution in [2.45, 2.75) is 25.8 Å². The zero-order valence-electron chi connectivity index (χ0n) is 16.6. The van der Waals surface area contributed by atoms with Crippen LogP contribution in [0.15, 0.2) is 54.6 Å². The lowest BCUT2D eigenvalue weighted by atomic mass is 10.0. The number of rotatable bonds is 10. The minimum absolute atomic E-state index is 0.0315. The average Bonchev–Trinajstić information content (AvgIpc) is 2.71. The Balaban J connectivity index is 2.07. The molecule has 150 valence electrons. The molecule has 0 aliphatic carbocycles. The van der Waals surface area contributed by atoms with Gasteiger partial charge in [0.05, 0.1) is 19.6 Å². The van der Waals surface area contributed by atoms with Gasteiger partial charge in [0.15, 0.2) is 0 Å². The van der Waals surface area contributed by atoms with Gasteiger partial charge in [-0.05, 0) is 29.7 Å². The molecule has 0 radical (unpaired) electrons. The van der Waals surface area contributed by atoms with E-state index in [1.54, 1.807) is 12.0 Å². The van der Waals surface area contributed by atoms with E-state index in [2.05, 4.69) is 5.32 Å². The van der Waals surface area contributed by atoms with Crippen molar-refractivity contribution in [2.24, 2.45) is 5.73 Å². The highest BCUT2D eigenvalue weighted by molar-refractivity contribution is 5.79. The molecule has 6 nitrogen and oxygen atoms in total. The fraction of sp³-hybridized carbons (Fsp3) is 0.364. The van der Waals surface area contributed by atoms with Gasteiger partial charge in [0.25, 0.3) is 0 Å². The van der Waals surface area contributed by atoms with Gasteiger partial charge < -0.3 is 20.7 Å². The van der Waals surface area contributed by atoms with Crippen LogP contribution in [0.25, 0.3) is 0 Å². The number of nitrogens with zero attached hydrogens (tertiary/aromatic N) is 1. The molecule has 2 aromatic carbocycles. The SMILES string of the molecule is COc1ccc(C(CC(=O)N(CCN)CCc2ccccc2)NC(C)=O)cc1. The van der Waals surface area contributed by atoms with Gasteiger partial charge in [-0.1, -0.05) is 42.5 Å². The molecule has 0 aliphatic rings. The third-order valence-electron chi connectivity index (χ3n) is 4.54. The number of hydrogen-bond acceptors (Lipinski definition) is 4. The zero-order valence-corrected chi connectivity index (χ0v) is 16.6. The second-order valence-electron chi connectivity index (χ2n) is 6.64. The van der Waals surface area contributed by atoms with Crippen molar-refractivity contribution in [3.05, 3.63) is 65.7 Å². The fourth-order valence-electron chi connectivity index (χ4n) is 3.06. The highest BCUT2D eigenvalue weighted by Crippen LogP contribution is 2.21. The predicted molar refractivity (Wildman–Crippen MR) is 110 cm³/mol. The first-order valence-electron chi connectivity index (χ1n) is 9.46. The van der Waals surface area contributed by atoms with E-state index in [0.717, 1.165) is 17.7 Å². The Kier molecular flexibility index (Phi) is 8.49. The molecule has 1 unspecified atom stereocenters. The summed E-state index contributed by atoms with van der Waals surface area (Å²) in [6.07, 6.45) is 0.945. The molecule has 0 saturated carbocycles. The summed E-state index contributed by atoms with van der Waals surface area (Å²) in [6.45, 7) is 2.93. The number of nitrogens with two attached hydrogens (primary N) is 1. The van der Waals surface area contributed by atoms with Crippen LogP contribution >= 0.6 is 0 Å². The Hall–Kier alpha value is -2.86. The lowest BCUT2D eigenvalue weighted by molar-refractivity contribution is -0.132. The van der Waals surface area contributed by atoms with Crippen LogP contribution < -0.4 is 15.8 Å². The van der Waals surface area contributed by atoms with Crippen LogP contribution in [0.2, 0.25) is 0 Å². The molecule has 2 amide bonds. The molecule has 2 aromatic rings. The Morgan fingerprint density at radius 1 is 1.07 bits per heavy atom. The Morgan fingerprint density at radius 3 is 2.32 bits per heavy atom. The highest BCUT2D eigenvalue weighted by Gasteiger charge is 2.21. The summed E-state index contributed by atoms with van der Waals surface area (Å²) in [6, 6.07) is 17.0. The minimum Gasteiger partial charge on any atom is -0.497 e. The van der Waals surface area contributed by atoms with Gasteiger partial charge in [0.1, 0.15) is 5.75 Å². The van der Waals surface area contributed by atoms with E-state index in [9.17, 15) is 9.59 Å². The van der Waals surface area contributed by atoms with Crippen molar-refractivity contribution in [1.29, 1.82) is 0 Å². The van der Waals surface area contributed by atoms with E-state index in [1.807, 2.05) is 54.6 Å². The van der Waals surface area contributed by atoms with Crippen molar-refractivity contribution in [3.63, 3.8) is 0 Å². The summed E-state index contributed by atoms with van der Waals surface area (Å²) >= 11 is 0. The third-order valence-corrected chi connectivity index (χ3v) is 4.54. The second-order valence-corrected chi connectivity index (χ2v) is 6.64.